The minimum absolute atomic E-state index is 0.399. The van der Waals surface area contributed by atoms with Gasteiger partial charge in [-0.2, -0.15) is 0 Å². The van der Waals surface area contributed by atoms with E-state index in [1.54, 1.807) is 0 Å². The van der Waals surface area contributed by atoms with Crippen LogP contribution in [0.5, 0.6) is 0 Å². The predicted molar refractivity (Wildman–Crippen MR) is 47.9 cm³/mol. The molecule has 0 bridgehead atoms. The molecule has 1 saturated heterocycles. The molecule has 0 atom stereocenters. The molecule has 1 aliphatic rings. The quantitative estimate of drug-likeness (QED) is 0.498. The van der Waals surface area contributed by atoms with E-state index < -0.39 is 5.79 Å². The molecule has 0 unspecified atom stereocenters. The molecule has 0 aromatic rings. The largest absolute Gasteiger partial charge is 0.346 e. The molecule has 11 heavy (non-hydrogen) atoms. The summed E-state index contributed by atoms with van der Waals surface area (Å²) in [4.78, 5) is 0. The Morgan fingerprint density at radius 2 is 2.00 bits per heavy atom. The van der Waals surface area contributed by atoms with Gasteiger partial charge in [0.25, 0.3) is 0 Å². The van der Waals surface area contributed by atoms with Crippen LogP contribution < -0.4 is 0 Å². The number of ether oxygens (including phenoxy) is 2. The van der Waals surface area contributed by atoms with Crippen LogP contribution in [0.2, 0.25) is 0 Å². The lowest BCUT2D eigenvalue weighted by Crippen LogP contribution is -2.35. The van der Waals surface area contributed by atoms with Gasteiger partial charge in [-0.05, 0) is 19.4 Å². The standard InChI is InChI=1S/C8H13BrO2/c1-8(2)10-5-7(3-4-9)6-11-8/h3H,4-6H2,1-2H3. The van der Waals surface area contributed by atoms with Crippen LogP contribution in [0.1, 0.15) is 13.8 Å². The van der Waals surface area contributed by atoms with E-state index in [9.17, 15) is 0 Å². The first kappa shape index (κ1) is 9.23. The van der Waals surface area contributed by atoms with Gasteiger partial charge in [0.2, 0.25) is 0 Å². The fourth-order valence-electron chi connectivity index (χ4n) is 0.843. The van der Waals surface area contributed by atoms with Gasteiger partial charge in [-0.15, -0.1) is 0 Å². The van der Waals surface area contributed by atoms with Crippen LogP contribution in [-0.2, 0) is 9.47 Å². The highest BCUT2D eigenvalue weighted by Crippen LogP contribution is 2.19. The average molecular weight is 221 g/mol. The molecule has 0 radical (unpaired) electrons. The Balaban J connectivity index is 2.42. The topological polar surface area (TPSA) is 18.5 Å². The molecule has 0 saturated carbocycles. The lowest BCUT2D eigenvalue weighted by atomic mass is 10.2. The Morgan fingerprint density at radius 1 is 1.45 bits per heavy atom. The van der Waals surface area contributed by atoms with Crippen LogP contribution in [0.3, 0.4) is 0 Å². The number of rotatable bonds is 1. The van der Waals surface area contributed by atoms with Crippen LogP contribution in [0, 0.1) is 0 Å². The smallest absolute Gasteiger partial charge is 0.163 e. The average Bonchev–Trinajstić information content (AvgIpc) is 1.94. The molecule has 2 nitrogen and oxygen atoms in total. The van der Waals surface area contributed by atoms with Gasteiger partial charge in [0.15, 0.2) is 5.79 Å². The first-order valence-electron chi connectivity index (χ1n) is 3.66. The lowest BCUT2D eigenvalue weighted by Gasteiger charge is -2.31. The minimum atomic E-state index is -0.399. The van der Waals surface area contributed by atoms with E-state index in [1.807, 2.05) is 13.8 Å². The second kappa shape index (κ2) is 3.70. The van der Waals surface area contributed by atoms with Crippen molar-refractivity contribution in [2.45, 2.75) is 19.6 Å². The number of halogens is 1. The summed E-state index contributed by atoms with van der Waals surface area (Å²) in [6.07, 6.45) is 2.08. The Kier molecular flexibility index (Phi) is 3.10. The van der Waals surface area contributed by atoms with Gasteiger partial charge in [-0.1, -0.05) is 22.0 Å². The second-order valence-electron chi connectivity index (χ2n) is 2.99. The number of alkyl halides is 1. The van der Waals surface area contributed by atoms with Crippen LogP contribution in [0.15, 0.2) is 11.6 Å². The molecule has 0 N–H and O–H groups in total. The van der Waals surface area contributed by atoms with E-state index in [0.717, 1.165) is 5.33 Å². The highest BCUT2D eigenvalue weighted by Gasteiger charge is 2.24. The third-order valence-corrected chi connectivity index (χ3v) is 1.90. The van der Waals surface area contributed by atoms with E-state index in [0.29, 0.717) is 13.2 Å². The van der Waals surface area contributed by atoms with E-state index in [2.05, 4.69) is 22.0 Å². The fourth-order valence-corrected chi connectivity index (χ4v) is 1.30. The van der Waals surface area contributed by atoms with Crippen molar-refractivity contribution in [1.29, 1.82) is 0 Å². The number of allylic oxidation sites excluding steroid dienone is 1. The summed E-state index contributed by atoms with van der Waals surface area (Å²) >= 11 is 3.33. The molecule has 3 heteroatoms. The van der Waals surface area contributed by atoms with Crippen molar-refractivity contribution in [2.75, 3.05) is 18.5 Å². The molecule has 0 aliphatic carbocycles. The van der Waals surface area contributed by atoms with E-state index in [-0.39, 0.29) is 0 Å². The summed E-state index contributed by atoms with van der Waals surface area (Å²) < 4.78 is 10.8. The highest BCUT2D eigenvalue weighted by molar-refractivity contribution is 9.09. The molecule has 1 heterocycles. The molecule has 64 valence electrons. The van der Waals surface area contributed by atoms with Crippen LogP contribution in [-0.4, -0.2) is 24.3 Å². The normalized spacial score (nSPS) is 23.4. The fraction of sp³-hybridized carbons (Fsp3) is 0.750. The van der Waals surface area contributed by atoms with Gasteiger partial charge in [0.05, 0.1) is 13.2 Å². The minimum Gasteiger partial charge on any atom is -0.346 e. The van der Waals surface area contributed by atoms with Gasteiger partial charge in [-0.25, -0.2) is 0 Å². The van der Waals surface area contributed by atoms with Gasteiger partial charge in [0.1, 0.15) is 0 Å². The summed E-state index contributed by atoms with van der Waals surface area (Å²) in [6.45, 7) is 5.24. The lowest BCUT2D eigenvalue weighted by molar-refractivity contribution is -0.225. The Morgan fingerprint density at radius 3 is 2.45 bits per heavy atom. The summed E-state index contributed by atoms with van der Waals surface area (Å²) in [5, 5.41) is 0.871. The maximum atomic E-state index is 5.42. The van der Waals surface area contributed by atoms with Gasteiger partial charge in [0, 0.05) is 5.33 Å². The zero-order valence-corrected chi connectivity index (χ0v) is 8.48. The molecule has 1 rings (SSSR count). The summed E-state index contributed by atoms with van der Waals surface area (Å²) in [5.74, 6) is -0.399. The monoisotopic (exact) mass is 220 g/mol. The van der Waals surface area contributed by atoms with E-state index >= 15 is 0 Å². The maximum absolute atomic E-state index is 5.42. The first-order chi connectivity index (χ1) is 5.14. The molecule has 0 aromatic heterocycles. The van der Waals surface area contributed by atoms with Crippen LogP contribution in [0.4, 0.5) is 0 Å². The SMILES string of the molecule is CC1(C)OCC(=CCBr)CO1. The summed E-state index contributed by atoms with van der Waals surface area (Å²) in [7, 11) is 0. The molecular formula is C8H13BrO2. The van der Waals surface area contributed by atoms with Crippen LogP contribution in [0.25, 0.3) is 0 Å². The number of hydrogen-bond donors (Lipinski definition) is 0. The van der Waals surface area contributed by atoms with Crippen molar-refractivity contribution in [3.05, 3.63) is 11.6 Å². The molecule has 1 fully saturated rings. The Hall–Kier alpha value is 0.140. The zero-order chi connectivity index (χ0) is 8.32. The molecule has 1 aliphatic heterocycles. The second-order valence-corrected chi connectivity index (χ2v) is 3.64. The zero-order valence-electron chi connectivity index (χ0n) is 6.89. The Labute approximate surface area is 75.7 Å². The van der Waals surface area contributed by atoms with Gasteiger partial charge >= 0.3 is 0 Å². The molecule has 0 spiro atoms. The Bertz CT molecular complexity index is 151. The molecule has 0 amide bonds. The van der Waals surface area contributed by atoms with Gasteiger partial charge < -0.3 is 9.47 Å². The van der Waals surface area contributed by atoms with Crippen molar-refractivity contribution >= 4 is 15.9 Å². The highest BCUT2D eigenvalue weighted by atomic mass is 79.9. The summed E-state index contributed by atoms with van der Waals surface area (Å²) in [6, 6.07) is 0. The van der Waals surface area contributed by atoms with E-state index in [4.69, 9.17) is 9.47 Å². The summed E-state index contributed by atoms with van der Waals surface area (Å²) in [5.41, 5.74) is 1.21. The third-order valence-electron chi connectivity index (χ3n) is 1.58. The van der Waals surface area contributed by atoms with E-state index in [1.165, 1.54) is 5.57 Å². The van der Waals surface area contributed by atoms with Crippen molar-refractivity contribution in [1.82, 2.24) is 0 Å². The van der Waals surface area contributed by atoms with Gasteiger partial charge in [-0.3, -0.25) is 0 Å². The van der Waals surface area contributed by atoms with Crippen molar-refractivity contribution in [2.24, 2.45) is 0 Å². The maximum Gasteiger partial charge on any atom is 0.163 e. The molecular weight excluding hydrogens is 208 g/mol. The molecule has 0 aromatic carbocycles. The predicted octanol–water partition coefficient (Wildman–Crippen LogP) is 2.09. The third kappa shape index (κ3) is 2.93. The van der Waals surface area contributed by atoms with Crippen molar-refractivity contribution in [3.8, 4) is 0 Å². The van der Waals surface area contributed by atoms with Crippen molar-refractivity contribution < 1.29 is 9.47 Å². The van der Waals surface area contributed by atoms with Crippen molar-refractivity contribution in [3.63, 3.8) is 0 Å². The number of hydrogen-bond acceptors (Lipinski definition) is 2. The van der Waals surface area contributed by atoms with Crippen LogP contribution >= 0.6 is 15.9 Å². The first-order valence-corrected chi connectivity index (χ1v) is 4.78.